The van der Waals surface area contributed by atoms with Crippen LogP contribution in [0, 0.1) is 0 Å². The van der Waals surface area contributed by atoms with Gasteiger partial charge in [-0.25, -0.2) is 4.79 Å². The van der Waals surface area contributed by atoms with E-state index in [1.165, 1.54) is 0 Å². The second kappa shape index (κ2) is 4.83. The number of carbonyl (C=O) groups excluding carboxylic acids is 1. The summed E-state index contributed by atoms with van der Waals surface area (Å²) in [6, 6.07) is 0. The molecule has 0 radical (unpaired) electrons. The predicted octanol–water partition coefficient (Wildman–Crippen LogP) is 2.52. The SMILES string of the molecule is CCCOC(=O)C(Cl)(Cl)CC. The molecule has 0 aliphatic heterocycles. The van der Waals surface area contributed by atoms with Crippen molar-refractivity contribution in [3.05, 3.63) is 0 Å². The van der Waals surface area contributed by atoms with Crippen LogP contribution in [0.1, 0.15) is 26.7 Å². The van der Waals surface area contributed by atoms with Gasteiger partial charge in [-0.1, -0.05) is 37.0 Å². The smallest absolute Gasteiger partial charge is 0.342 e. The topological polar surface area (TPSA) is 26.3 Å². The Morgan fingerprint density at radius 2 is 2.00 bits per heavy atom. The number of hydrogen-bond acceptors (Lipinski definition) is 2. The van der Waals surface area contributed by atoms with Crippen molar-refractivity contribution >= 4 is 29.2 Å². The maximum absolute atomic E-state index is 11.0. The Morgan fingerprint density at radius 3 is 2.36 bits per heavy atom. The number of carbonyl (C=O) groups is 1. The van der Waals surface area contributed by atoms with Crippen LogP contribution in [0.15, 0.2) is 0 Å². The number of hydrogen-bond donors (Lipinski definition) is 0. The lowest BCUT2D eigenvalue weighted by atomic mass is 10.3. The van der Waals surface area contributed by atoms with Crippen molar-refractivity contribution in [2.45, 2.75) is 31.0 Å². The van der Waals surface area contributed by atoms with E-state index in [0.29, 0.717) is 13.0 Å². The van der Waals surface area contributed by atoms with Crippen molar-refractivity contribution in [3.8, 4) is 0 Å². The summed E-state index contributed by atoms with van der Waals surface area (Å²) >= 11 is 11.2. The molecule has 0 aliphatic carbocycles. The van der Waals surface area contributed by atoms with E-state index in [1.54, 1.807) is 6.92 Å². The molecule has 0 rings (SSSR count). The number of esters is 1. The Bertz CT molecular complexity index is 134. The summed E-state index contributed by atoms with van der Waals surface area (Å²) in [6.45, 7) is 4.01. The van der Waals surface area contributed by atoms with Crippen LogP contribution in [0.5, 0.6) is 0 Å². The molecule has 0 spiro atoms. The van der Waals surface area contributed by atoms with Crippen LogP contribution in [-0.2, 0) is 9.53 Å². The van der Waals surface area contributed by atoms with E-state index in [9.17, 15) is 4.79 Å². The Balaban J connectivity index is 3.82. The average molecular weight is 199 g/mol. The van der Waals surface area contributed by atoms with E-state index in [4.69, 9.17) is 27.9 Å². The van der Waals surface area contributed by atoms with Gasteiger partial charge >= 0.3 is 5.97 Å². The van der Waals surface area contributed by atoms with Gasteiger partial charge < -0.3 is 4.74 Å². The van der Waals surface area contributed by atoms with Crippen LogP contribution in [-0.4, -0.2) is 16.9 Å². The first-order chi connectivity index (χ1) is 5.04. The van der Waals surface area contributed by atoms with E-state index in [-0.39, 0.29) is 0 Å². The van der Waals surface area contributed by atoms with Crippen molar-refractivity contribution in [1.82, 2.24) is 0 Å². The average Bonchev–Trinajstić information content (AvgIpc) is 2.00. The van der Waals surface area contributed by atoms with Crippen LogP contribution < -0.4 is 0 Å². The van der Waals surface area contributed by atoms with Gasteiger partial charge in [0, 0.05) is 0 Å². The molecule has 0 aromatic rings. The third-order valence-electron chi connectivity index (χ3n) is 1.18. The van der Waals surface area contributed by atoms with Gasteiger partial charge in [0.15, 0.2) is 0 Å². The second-order valence-electron chi connectivity index (χ2n) is 2.19. The number of ether oxygens (including phenoxy) is 1. The molecule has 0 saturated carbocycles. The first-order valence-electron chi connectivity index (χ1n) is 3.59. The molecule has 66 valence electrons. The monoisotopic (exact) mass is 198 g/mol. The molecule has 0 N–H and O–H groups in total. The molecule has 0 aromatic carbocycles. The minimum atomic E-state index is -1.37. The molecule has 0 unspecified atom stereocenters. The molecule has 4 heteroatoms. The molecule has 0 amide bonds. The number of alkyl halides is 2. The second-order valence-corrected chi connectivity index (χ2v) is 3.68. The minimum absolute atomic E-state index is 0.360. The minimum Gasteiger partial charge on any atom is -0.463 e. The van der Waals surface area contributed by atoms with Crippen molar-refractivity contribution in [2.75, 3.05) is 6.61 Å². The van der Waals surface area contributed by atoms with Gasteiger partial charge in [-0.3, -0.25) is 0 Å². The van der Waals surface area contributed by atoms with Gasteiger partial charge in [-0.15, -0.1) is 0 Å². The van der Waals surface area contributed by atoms with Crippen molar-refractivity contribution in [2.24, 2.45) is 0 Å². The predicted molar refractivity (Wildman–Crippen MR) is 46.0 cm³/mol. The summed E-state index contributed by atoms with van der Waals surface area (Å²) in [5, 5.41) is 0. The Hall–Kier alpha value is 0.0500. The van der Waals surface area contributed by atoms with Gasteiger partial charge in [-0.05, 0) is 12.8 Å². The lowest BCUT2D eigenvalue weighted by Gasteiger charge is -2.14. The Labute approximate surface area is 76.8 Å². The zero-order valence-corrected chi connectivity index (χ0v) is 8.21. The molecule has 0 bridgehead atoms. The van der Waals surface area contributed by atoms with E-state index in [2.05, 4.69) is 0 Å². The first-order valence-corrected chi connectivity index (χ1v) is 4.35. The van der Waals surface area contributed by atoms with Crippen molar-refractivity contribution in [3.63, 3.8) is 0 Å². The zero-order valence-electron chi connectivity index (χ0n) is 6.69. The van der Waals surface area contributed by atoms with Crippen LogP contribution in [0.2, 0.25) is 0 Å². The molecule has 0 aromatic heterocycles. The lowest BCUT2D eigenvalue weighted by Crippen LogP contribution is -2.27. The highest BCUT2D eigenvalue weighted by atomic mass is 35.5. The highest BCUT2D eigenvalue weighted by Gasteiger charge is 2.32. The van der Waals surface area contributed by atoms with Gasteiger partial charge in [0.05, 0.1) is 6.61 Å². The quantitative estimate of drug-likeness (QED) is 0.513. The normalized spacial score (nSPS) is 11.3. The lowest BCUT2D eigenvalue weighted by molar-refractivity contribution is -0.144. The third kappa shape index (κ3) is 3.82. The van der Waals surface area contributed by atoms with Gasteiger partial charge in [0.2, 0.25) is 4.33 Å². The third-order valence-corrected chi connectivity index (χ3v) is 2.02. The maximum Gasteiger partial charge on any atom is 0.342 e. The van der Waals surface area contributed by atoms with Crippen LogP contribution in [0.3, 0.4) is 0 Å². The zero-order chi connectivity index (χ0) is 8.91. The highest BCUT2D eigenvalue weighted by Crippen LogP contribution is 2.26. The van der Waals surface area contributed by atoms with E-state index >= 15 is 0 Å². The highest BCUT2D eigenvalue weighted by molar-refractivity contribution is 6.57. The fraction of sp³-hybridized carbons (Fsp3) is 0.857. The first kappa shape index (κ1) is 11.1. The largest absolute Gasteiger partial charge is 0.463 e. The maximum atomic E-state index is 11.0. The van der Waals surface area contributed by atoms with E-state index in [0.717, 1.165) is 6.42 Å². The number of halogens is 2. The van der Waals surface area contributed by atoms with Crippen LogP contribution in [0.25, 0.3) is 0 Å². The standard InChI is InChI=1S/C7H12Cl2O2/c1-3-5-11-6(10)7(8,9)4-2/h3-5H2,1-2H3. The molecular weight excluding hydrogens is 187 g/mol. The molecule has 0 atom stereocenters. The molecule has 0 fully saturated rings. The number of rotatable bonds is 4. The molecule has 0 saturated heterocycles. The van der Waals surface area contributed by atoms with Gasteiger partial charge in [0.1, 0.15) is 0 Å². The summed E-state index contributed by atoms with van der Waals surface area (Å²) in [5.41, 5.74) is 0. The summed E-state index contributed by atoms with van der Waals surface area (Å²) < 4.78 is 3.38. The molecular formula is C7H12Cl2O2. The van der Waals surface area contributed by atoms with Crippen LogP contribution in [0.4, 0.5) is 0 Å². The Morgan fingerprint density at radius 1 is 1.45 bits per heavy atom. The van der Waals surface area contributed by atoms with E-state index in [1.807, 2.05) is 6.92 Å². The summed E-state index contributed by atoms with van der Waals surface area (Å²) in [5.74, 6) is -0.551. The van der Waals surface area contributed by atoms with E-state index < -0.39 is 10.3 Å². The van der Waals surface area contributed by atoms with Gasteiger partial charge in [0.25, 0.3) is 0 Å². The molecule has 0 heterocycles. The molecule has 11 heavy (non-hydrogen) atoms. The fourth-order valence-corrected chi connectivity index (χ4v) is 0.554. The van der Waals surface area contributed by atoms with Crippen molar-refractivity contribution < 1.29 is 9.53 Å². The van der Waals surface area contributed by atoms with Gasteiger partial charge in [-0.2, -0.15) is 0 Å². The summed E-state index contributed by atoms with van der Waals surface area (Å²) in [6.07, 6.45) is 1.14. The summed E-state index contributed by atoms with van der Waals surface area (Å²) in [7, 11) is 0. The fourth-order valence-electron chi connectivity index (χ4n) is 0.445. The molecule has 0 aliphatic rings. The van der Waals surface area contributed by atoms with Crippen LogP contribution >= 0.6 is 23.2 Å². The Kier molecular flexibility index (Phi) is 4.86. The molecule has 2 nitrogen and oxygen atoms in total. The summed E-state index contributed by atoms with van der Waals surface area (Å²) in [4.78, 5) is 11.0. The van der Waals surface area contributed by atoms with Crippen molar-refractivity contribution in [1.29, 1.82) is 0 Å².